The van der Waals surface area contributed by atoms with E-state index in [2.05, 4.69) is 10.0 Å². The Bertz CT molecular complexity index is 721. The van der Waals surface area contributed by atoms with Crippen LogP contribution >= 0.6 is 11.3 Å². The fourth-order valence-electron chi connectivity index (χ4n) is 2.16. The van der Waals surface area contributed by atoms with Crippen molar-refractivity contribution in [3.8, 4) is 0 Å². The van der Waals surface area contributed by atoms with Gasteiger partial charge in [-0.3, -0.25) is 0 Å². The van der Waals surface area contributed by atoms with Gasteiger partial charge in [-0.05, 0) is 55.1 Å². The first-order valence-corrected chi connectivity index (χ1v) is 9.07. The second-order valence-corrected chi connectivity index (χ2v) is 7.66. The van der Waals surface area contributed by atoms with Crippen molar-refractivity contribution >= 4 is 21.4 Å². The Labute approximate surface area is 130 Å². The standard InChI is InChI=1S/C15H20N2O2S2/c1-11-7-8-20-14(11)10-17-21(18,19)15-6-4-5-13(9-16-3)12(15)2/h4-8,16-17H,9-10H2,1-3H3. The van der Waals surface area contributed by atoms with E-state index in [0.29, 0.717) is 18.0 Å². The molecule has 2 aromatic rings. The van der Waals surface area contributed by atoms with E-state index in [4.69, 9.17) is 0 Å². The summed E-state index contributed by atoms with van der Waals surface area (Å²) in [6, 6.07) is 7.37. The van der Waals surface area contributed by atoms with Gasteiger partial charge in [0, 0.05) is 18.0 Å². The third-order valence-corrected chi connectivity index (χ3v) is 6.01. The molecule has 0 aliphatic carbocycles. The molecule has 0 radical (unpaired) electrons. The molecule has 0 unspecified atom stereocenters. The van der Waals surface area contributed by atoms with Crippen molar-refractivity contribution < 1.29 is 8.42 Å². The molecule has 0 atom stereocenters. The minimum atomic E-state index is -3.50. The molecule has 1 aromatic heterocycles. The third-order valence-electron chi connectivity index (χ3n) is 3.44. The number of rotatable bonds is 6. The van der Waals surface area contributed by atoms with Gasteiger partial charge in [0.25, 0.3) is 0 Å². The van der Waals surface area contributed by atoms with E-state index in [1.54, 1.807) is 23.5 Å². The van der Waals surface area contributed by atoms with E-state index < -0.39 is 10.0 Å². The minimum Gasteiger partial charge on any atom is -0.316 e. The van der Waals surface area contributed by atoms with Crippen LogP contribution in [0.25, 0.3) is 0 Å². The number of sulfonamides is 1. The number of hydrogen-bond donors (Lipinski definition) is 2. The lowest BCUT2D eigenvalue weighted by Crippen LogP contribution is -2.24. The highest BCUT2D eigenvalue weighted by Crippen LogP contribution is 2.20. The van der Waals surface area contributed by atoms with Crippen LogP contribution in [0.1, 0.15) is 21.6 Å². The van der Waals surface area contributed by atoms with Crippen LogP contribution in [0.15, 0.2) is 34.5 Å². The van der Waals surface area contributed by atoms with Crippen molar-refractivity contribution in [1.29, 1.82) is 0 Å². The maximum absolute atomic E-state index is 12.5. The number of nitrogens with one attached hydrogen (secondary N) is 2. The van der Waals surface area contributed by atoms with Crippen LogP contribution in [-0.4, -0.2) is 15.5 Å². The van der Waals surface area contributed by atoms with Crippen molar-refractivity contribution in [2.45, 2.75) is 31.8 Å². The zero-order valence-corrected chi connectivity index (χ0v) is 14.1. The van der Waals surface area contributed by atoms with Gasteiger partial charge in [-0.1, -0.05) is 12.1 Å². The molecule has 114 valence electrons. The summed E-state index contributed by atoms with van der Waals surface area (Å²) in [5.41, 5.74) is 2.90. The molecule has 6 heteroatoms. The van der Waals surface area contributed by atoms with Crippen LogP contribution in [0.5, 0.6) is 0 Å². The third kappa shape index (κ3) is 3.71. The van der Waals surface area contributed by atoms with Gasteiger partial charge in [-0.15, -0.1) is 11.3 Å². The fraction of sp³-hybridized carbons (Fsp3) is 0.333. The van der Waals surface area contributed by atoms with Crippen molar-refractivity contribution in [2.24, 2.45) is 0 Å². The maximum Gasteiger partial charge on any atom is 0.241 e. The molecule has 0 spiro atoms. The maximum atomic E-state index is 12.5. The average molecular weight is 324 g/mol. The molecule has 1 heterocycles. The Morgan fingerprint density at radius 3 is 2.52 bits per heavy atom. The Kier molecular flexibility index (Phi) is 5.16. The highest BCUT2D eigenvalue weighted by Gasteiger charge is 2.18. The Hall–Kier alpha value is -1.21. The Balaban J connectivity index is 2.23. The first-order valence-electron chi connectivity index (χ1n) is 6.71. The Morgan fingerprint density at radius 1 is 1.14 bits per heavy atom. The van der Waals surface area contributed by atoms with Crippen LogP contribution in [0.4, 0.5) is 0 Å². The quantitative estimate of drug-likeness (QED) is 0.858. The summed E-state index contributed by atoms with van der Waals surface area (Å²) in [6.07, 6.45) is 0. The molecule has 0 fully saturated rings. The lowest BCUT2D eigenvalue weighted by atomic mass is 10.1. The van der Waals surface area contributed by atoms with Crippen molar-refractivity contribution in [3.05, 3.63) is 51.2 Å². The van der Waals surface area contributed by atoms with Crippen LogP contribution in [0, 0.1) is 13.8 Å². The van der Waals surface area contributed by atoms with Crippen molar-refractivity contribution in [1.82, 2.24) is 10.0 Å². The Morgan fingerprint density at radius 2 is 1.90 bits per heavy atom. The van der Waals surface area contributed by atoms with Crippen LogP contribution < -0.4 is 10.0 Å². The second-order valence-electron chi connectivity index (χ2n) is 4.92. The predicted molar refractivity (Wildman–Crippen MR) is 87.0 cm³/mol. The second kappa shape index (κ2) is 6.70. The summed E-state index contributed by atoms with van der Waals surface area (Å²) in [5.74, 6) is 0. The topological polar surface area (TPSA) is 58.2 Å². The normalized spacial score (nSPS) is 11.8. The van der Waals surface area contributed by atoms with E-state index in [-0.39, 0.29) is 0 Å². The first-order chi connectivity index (χ1) is 9.95. The molecule has 2 rings (SSSR count). The summed E-state index contributed by atoms with van der Waals surface area (Å²) >= 11 is 1.56. The predicted octanol–water partition coefficient (Wildman–Crippen LogP) is 2.56. The summed E-state index contributed by atoms with van der Waals surface area (Å²) in [7, 11) is -1.65. The average Bonchev–Trinajstić information content (AvgIpc) is 2.84. The van der Waals surface area contributed by atoms with Crippen molar-refractivity contribution in [3.63, 3.8) is 0 Å². The van der Waals surface area contributed by atoms with Gasteiger partial charge in [0.15, 0.2) is 0 Å². The van der Waals surface area contributed by atoms with E-state index in [1.807, 2.05) is 38.4 Å². The zero-order chi connectivity index (χ0) is 15.5. The molecular formula is C15H20N2O2S2. The van der Waals surface area contributed by atoms with E-state index in [9.17, 15) is 8.42 Å². The molecule has 0 amide bonds. The smallest absolute Gasteiger partial charge is 0.241 e. The molecule has 21 heavy (non-hydrogen) atoms. The summed E-state index contributed by atoms with van der Waals surface area (Å²) in [4.78, 5) is 1.40. The zero-order valence-electron chi connectivity index (χ0n) is 12.4. The molecule has 1 aromatic carbocycles. The minimum absolute atomic E-state index is 0.335. The molecule has 0 aliphatic rings. The lowest BCUT2D eigenvalue weighted by Gasteiger charge is -2.12. The van der Waals surface area contributed by atoms with E-state index in [1.165, 1.54) is 0 Å². The van der Waals surface area contributed by atoms with Gasteiger partial charge < -0.3 is 5.32 Å². The number of benzene rings is 1. The molecule has 2 N–H and O–H groups in total. The monoisotopic (exact) mass is 324 g/mol. The van der Waals surface area contributed by atoms with Gasteiger partial charge in [-0.25, -0.2) is 13.1 Å². The summed E-state index contributed by atoms with van der Waals surface area (Å²) in [6.45, 7) is 4.82. The molecule has 0 saturated heterocycles. The van der Waals surface area contributed by atoms with Crippen LogP contribution in [0.3, 0.4) is 0 Å². The van der Waals surface area contributed by atoms with Crippen LogP contribution in [-0.2, 0) is 23.1 Å². The lowest BCUT2D eigenvalue weighted by molar-refractivity contribution is 0.580. The molecule has 0 saturated carbocycles. The van der Waals surface area contributed by atoms with Crippen LogP contribution in [0.2, 0.25) is 0 Å². The van der Waals surface area contributed by atoms with Gasteiger partial charge in [0.05, 0.1) is 4.90 Å². The fourth-order valence-corrected chi connectivity index (χ4v) is 4.38. The summed E-state index contributed by atoms with van der Waals surface area (Å²) < 4.78 is 27.7. The largest absolute Gasteiger partial charge is 0.316 e. The van der Waals surface area contributed by atoms with Gasteiger partial charge >= 0.3 is 0 Å². The molecule has 4 nitrogen and oxygen atoms in total. The van der Waals surface area contributed by atoms with Crippen molar-refractivity contribution in [2.75, 3.05) is 7.05 Å². The first kappa shape index (κ1) is 16.2. The number of aryl methyl sites for hydroxylation is 1. The number of hydrogen-bond acceptors (Lipinski definition) is 4. The van der Waals surface area contributed by atoms with Gasteiger partial charge in [0.2, 0.25) is 10.0 Å². The highest BCUT2D eigenvalue weighted by atomic mass is 32.2. The molecular weight excluding hydrogens is 304 g/mol. The van der Waals surface area contributed by atoms with E-state index >= 15 is 0 Å². The molecule has 0 bridgehead atoms. The summed E-state index contributed by atoms with van der Waals surface area (Å²) in [5, 5.41) is 5.02. The van der Waals surface area contributed by atoms with E-state index in [0.717, 1.165) is 21.6 Å². The van der Waals surface area contributed by atoms with Gasteiger partial charge in [-0.2, -0.15) is 0 Å². The molecule has 0 aliphatic heterocycles. The van der Waals surface area contributed by atoms with Gasteiger partial charge in [0.1, 0.15) is 0 Å². The SMILES string of the molecule is CNCc1cccc(S(=O)(=O)NCc2sccc2C)c1C. The highest BCUT2D eigenvalue weighted by molar-refractivity contribution is 7.89. The number of thiophene rings is 1.